The van der Waals surface area contributed by atoms with Gasteiger partial charge in [-0.05, 0) is 84.4 Å². The lowest BCUT2D eigenvalue weighted by Gasteiger charge is -2.38. The molecule has 2 saturated heterocycles. The zero-order valence-electron chi connectivity index (χ0n) is 35.8. The van der Waals surface area contributed by atoms with E-state index in [1.165, 1.54) is 70.4 Å². The highest BCUT2D eigenvalue weighted by atomic mass is 32.2. The van der Waals surface area contributed by atoms with E-state index in [9.17, 15) is 41.8 Å². The maximum Gasteiger partial charge on any atom is 0.410 e. The van der Waals surface area contributed by atoms with E-state index in [0.717, 1.165) is 42.1 Å². The third-order valence-electron chi connectivity index (χ3n) is 9.95. The molecular weight excluding hydrogens is 894 g/mol. The Morgan fingerprint density at radius 3 is 2.05 bits per heavy atom. The van der Waals surface area contributed by atoms with E-state index in [0.29, 0.717) is 17.5 Å². The molecule has 0 spiro atoms. The first-order chi connectivity index (χ1) is 29.1. The molecule has 2 aromatic heterocycles. The topological polar surface area (TPSA) is 247 Å². The van der Waals surface area contributed by atoms with E-state index >= 15 is 8.78 Å². The van der Waals surface area contributed by atoms with Crippen molar-refractivity contribution in [2.24, 2.45) is 10.8 Å². The van der Waals surface area contributed by atoms with Gasteiger partial charge in [0.25, 0.3) is 5.91 Å². The van der Waals surface area contributed by atoms with Crippen molar-refractivity contribution in [1.82, 2.24) is 25.1 Å². The van der Waals surface area contributed by atoms with Crippen LogP contribution in [0.5, 0.6) is 0 Å². The number of esters is 2. The molecule has 4 heterocycles. The Hall–Kier alpha value is -4.96. The number of sulfone groups is 1. The lowest BCUT2D eigenvalue weighted by atomic mass is 9.98. The van der Waals surface area contributed by atoms with Gasteiger partial charge in [-0.2, -0.15) is 8.78 Å². The number of ether oxygens (including phenoxy) is 2. The number of nitrogens with zero attached hydrogens (tertiary/aromatic N) is 4. The zero-order chi connectivity index (χ0) is 46.9. The minimum Gasteiger partial charge on any atom is -0.438 e. The third kappa shape index (κ3) is 11.4. The smallest absolute Gasteiger partial charge is 0.410 e. The summed E-state index contributed by atoms with van der Waals surface area (Å²) >= 11 is 0.883. The number of aromatic nitrogens is 2. The van der Waals surface area contributed by atoms with Crippen molar-refractivity contribution in [3.63, 3.8) is 0 Å². The van der Waals surface area contributed by atoms with Gasteiger partial charge in [-0.15, -0.1) is 11.3 Å². The molecule has 0 aliphatic carbocycles. The molecule has 2 fully saturated rings. The van der Waals surface area contributed by atoms with Crippen molar-refractivity contribution < 1.29 is 69.1 Å². The Labute approximate surface area is 366 Å². The number of carbonyl (C=O) groups is 6. The van der Waals surface area contributed by atoms with Gasteiger partial charge < -0.3 is 29.9 Å². The maximum atomic E-state index is 16.3. The normalized spacial score (nSPS) is 18.9. The largest absolute Gasteiger partial charge is 0.438 e. The van der Waals surface area contributed by atoms with Gasteiger partial charge in [-0.3, -0.25) is 42.4 Å². The van der Waals surface area contributed by atoms with Crippen LogP contribution in [0, 0.1) is 10.8 Å². The Kier molecular flexibility index (Phi) is 14.5. The first-order valence-electron chi connectivity index (χ1n) is 19.5. The summed E-state index contributed by atoms with van der Waals surface area (Å²) in [4.78, 5) is 89.2. The van der Waals surface area contributed by atoms with Crippen molar-refractivity contribution in [3.8, 4) is 0 Å². The van der Waals surface area contributed by atoms with Crippen LogP contribution in [0.3, 0.4) is 0 Å². The minimum atomic E-state index is -5.65. The van der Waals surface area contributed by atoms with Crippen LogP contribution in [-0.4, -0.2) is 115 Å². The second-order valence-corrected chi connectivity index (χ2v) is 22.1. The van der Waals surface area contributed by atoms with E-state index in [4.69, 9.17) is 18.5 Å². The molecule has 4 amide bonds. The van der Waals surface area contributed by atoms with Crippen LogP contribution >= 0.6 is 18.9 Å². The molecule has 1 aromatic carbocycles. The van der Waals surface area contributed by atoms with Crippen LogP contribution in [0.4, 0.5) is 14.5 Å². The predicted octanol–water partition coefficient (Wildman–Crippen LogP) is 4.81. The molecule has 63 heavy (non-hydrogen) atoms. The highest BCUT2D eigenvalue weighted by Crippen LogP contribution is 2.67. The molecule has 0 bridgehead atoms. The molecule has 0 unspecified atom stereocenters. The van der Waals surface area contributed by atoms with E-state index in [2.05, 4.69) is 20.6 Å². The highest BCUT2D eigenvalue weighted by molar-refractivity contribution is 7.90. The van der Waals surface area contributed by atoms with Gasteiger partial charge >= 0.3 is 25.2 Å². The van der Waals surface area contributed by atoms with Crippen molar-refractivity contribution in [1.29, 1.82) is 0 Å². The fraction of sp³-hybridized carbons (Fsp3) is 0.538. The van der Waals surface area contributed by atoms with Crippen LogP contribution in [0.1, 0.15) is 83.0 Å². The van der Waals surface area contributed by atoms with E-state index < -0.39 is 106 Å². The van der Waals surface area contributed by atoms with Gasteiger partial charge in [0.1, 0.15) is 12.1 Å². The minimum absolute atomic E-state index is 0.0293. The number of hydrogen-bond acceptors (Lipinski definition) is 16. The van der Waals surface area contributed by atoms with E-state index in [1.807, 2.05) is 0 Å². The van der Waals surface area contributed by atoms with Crippen LogP contribution in [0.2, 0.25) is 0 Å². The Morgan fingerprint density at radius 2 is 1.51 bits per heavy atom. The fourth-order valence-corrected chi connectivity index (χ4v) is 9.16. The Morgan fingerprint density at radius 1 is 0.921 bits per heavy atom. The van der Waals surface area contributed by atoms with Crippen LogP contribution < -0.4 is 10.6 Å². The van der Waals surface area contributed by atoms with Gasteiger partial charge in [0.2, 0.25) is 46.3 Å². The number of carbonyl (C=O) groups excluding carboxylic acids is 6. The molecule has 3 aromatic rings. The number of thiophene rings is 1. The maximum absolute atomic E-state index is 16.3. The summed E-state index contributed by atoms with van der Waals surface area (Å²) in [6.07, 6.45) is 4.15. The number of rotatable bonds is 13. The molecule has 2 aliphatic heterocycles. The summed E-state index contributed by atoms with van der Waals surface area (Å²) in [6.45, 7) is 7.88. The summed E-state index contributed by atoms with van der Waals surface area (Å²) in [5.41, 5.74) is -7.36. The second-order valence-electron chi connectivity index (χ2n) is 17.0. The molecule has 5 rings (SSSR count). The SMILES string of the molecule is CC(=O)N1CC[C@H]2CC[C@@H](C(=O)Nc3cnc(S(C)(=O)=O)nc3)N2C(=O)[C@@H](NC(=O)c2cc3cc(C(F)(F)P(=O)(OCOC(=O)C(C)(C)C)OCOC(=O)C(C)(C)C)ccc3s2)C1. The van der Waals surface area contributed by atoms with Gasteiger partial charge in [0.05, 0.1) is 33.8 Å². The molecule has 2 N–H and O–H groups in total. The first-order valence-corrected chi connectivity index (χ1v) is 23.7. The van der Waals surface area contributed by atoms with Gasteiger partial charge in [-0.25, -0.2) is 18.4 Å². The Balaban J connectivity index is 1.38. The number of anilines is 1. The highest BCUT2D eigenvalue weighted by Gasteiger charge is 2.56. The third-order valence-corrected chi connectivity index (χ3v) is 13.8. The van der Waals surface area contributed by atoms with Crippen LogP contribution in [-0.2, 0) is 62.6 Å². The Bertz CT molecular complexity index is 2400. The van der Waals surface area contributed by atoms with Crippen molar-refractivity contribution >= 4 is 80.1 Å². The number of alkyl halides is 2. The average molecular weight is 943 g/mol. The van der Waals surface area contributed by atoms with E-state index in [-0.39, 0.29) is 41.4 Å². The summed E-state index contributed by atoms with van der Waals surface area (Å²) in [5.74, 6) is -4.12. The molecule has 24 heteroatoms. The molecular formula is C39H49F2N6O13PS2. The second kappa shape index (κ2) is 18.6. The molecule has 0 radical (unpaired) electrons. The number of fused-ring (bicyclic) bond motifs is 2. The number of amides is 4. The van der Waals surface area contributed by atoms with E-state index in [1.54, 1.807) is 0 Å². The van der Waals surface area contributed by atoms with Crippen LogP contribution in [0.15, 0.2) is 41.8 Å². The fourth-order valence-electron chi connectivity index (χ4n) is 6.48. The quantitative estimate of drug-likeness (QED) is 0.101. The molecule has 0 saturated carbocycles. The molecule has 344 valence electrons. The summed E-state index contributed by atoms with van der Waals surface area (Å²) in [5, 5.41) is 4.91. The standard InChI is InChI=1S/C39H49F2N6O13PS2/c1-22(48)46-14-13-26-10-11-28(31(49)44-25-17-42-36(43-18-25)63(8,55)56)47(26)33(51)27(19-46)45-32(50)30-16-23-15-24(9-12-29(23)62-30)39(40,41)61(54,59-20-57-34(52)37(2,3)4)60-21-58-35(53)38(5,6)7/h9,12,15-18,26-28H,10-11,13-14,19-21H2,1-8H3,(H,44,49)(H,45,50)/t26-,27+,28+/m1/s1. The van der Waals surface area contributed by atoms with Gasteiger partial charge in [-0.1, -0.05) is 6.07 Å². The number of hydrogen-bond donors (Lipinski definition) is 2. The number of benzene rings is 1. The molecule has 3 atom stereocenters. The zero-order valence-corrected chi connectivity index (χ0v) is 38.3. The number of halogens is 2. The van der Waals surface area contributed by atoms with Gasteiger partial charge in [0, 0.05) is 42.6 Å². The van der Waals surface area contributed by atoms with Gasteiger partial charge in [0.15, 0.2) is 0 Å². The van der Waals surface area contributed by atoms with Crippen molar-refractivity contribution in [2.45, 2.75) is 96.7 Å². The first kappa shape index (κ1) is 49.1. The average Bonchev–Trinajstić information content (AvgIpc) is 3.81. The summed E-state index contributed by atoms with van der Waals surface area (Å²) < 4.78 is 90.1. The molecule has 19 nitrogen and oxygen atoms in total. The summed E-state index contributed by atoms with van der Waals surface area (Å²) in [6, 6.07) is 1.53. The predicted molar refractivity (Wildman–Crippen MR) is 222 cm³/mol. The lowest BCUT2D eigenvalue weighted by Crippen LogP contribution is -2.60. The number of nitrogens with one attached hydrogen (secondary N) is 2. The monoisotopic (exact) mass is 942 g/mol. The molecule has 2 aliphatic rings. The lowest BCUT2D eigenvalue weighted by molar-refractivity contribution is -0.163. The van der Waals surface area contributed by atoms with Crippen molar-refractivity contribution in [2.75, 3.05) is 38.2 Å². The van der Waals surface area contributed by atoms with Crippen molar-refractivity contribution in [3.05, 3.63) is 47.1 Å². The van der Waals surface area contributed by atoms with Crippen LogP contribution in [0.25, 0.3) is 10.1 Å². The summed E-state index contributed by atoms with van der Waals surface area (Å²) in [7, 11) is -9.35.